The summed E-state index contributed by atoms with van der Waals surface area (Å²) in [6.45, 7) is 3.28. The number of nitrogens with one attached hydrogen (secondary N) is 1. The number of rotatable bonds is 5. The quantitative estimate of drug-likeness (QED) is 0.829. The molecular weight excluding hydrogens is 302 g/mol. The number of amides is 2. The number of carbonyl (C=O) groups is 2. The summed E-state index contributed by atoms with van der Waals surface area (Å²) in [5, 5.41) is 2.50. The largest absolute Gasteiger partial charge is 0.445 e. The highest BCUT2D eigenvalue weighted by molar-refractivity contribution is 7.96. The average Bonchev–Trinajstić information content (AvgIpc) is 2.58. The highest BCUT2D eigenvalue weighted by Gasteiger charge is 2.20. The summed E-state index contributed by atoms with van der Waals surface area (Å²) in [7, 11) is 0. The van der Waals surface area contributed by atoms with E-state index in [0.717, 1.165) is 18.7 Å². The lowest BCUT2D eigenvalue weighted by Gasteiger charge is -2.33. The molecule has 0 unspecified atom stereocenters. The second-order valence-electron chi connectivity index (χ2n) is 4.91. The van der Waals surface area contributed by atoms with Crippen LogP contribution in [0.15, 0.2) is 30.3 Å². The Labute approximate surface area is 134 Å². The van der Waals surface area contributed by atoms with Gasteiger partial charge in [-0.15, -0.1) is 0 Å². The summed E-state index contributed by atoms with van der Waals surface area (Å²) in [6, 6.07) is 9.43. The molecule has 0 radical (unpaired) electrons. The third-order valence-electron chi connectivity index (χ3n) is 3.45. The van der Waals surface area contributed by atoms with Crippen molar-refractivity contribution >= 4 is 23.9 Å². The minimum atomic E-state index is -0.569. The van der Waals surface area contributed by atoms with Crippen molar-refractivity contribution in [2.75, 3.05) is 39.0 Å². The van der Waals surface area contributed by atoms with Crippen LogP contribution >= 0.6 is 11.9 Å². The Kier molecular flexibility index (Phi) is 6.54. The number of piperazine rings is 1. The van der Waals surface area contributed by atoms with Crippen molar-refractivity contribution in [3.63, 3.8) is 0 Å². The Balaban J connectivity index is 1.64. The van der Waals surface area contributed by atoms with Gasteiger partial charge in [0.05, 0.1) is 0 Å². The Morgan fingerprint density at radius 1 is 1.18 bits per heavy atom. The fourth-order valence-electron chi connectivity index (χ4n) is 2.15. The first kappa shape index (κ1) is 16.6. The zero-order valence-electron chi connectivity index (χ0n) is 12.7. The molecule has 6 nitrogen and oxygen atoms in total. The van der Waals surface area contributed by atoms with E-state index in [1.807, 2.05) is 36.6 Å². The molecule has 0 aromatic heterocycles. The van der Waals surface area contributed by atoms with Crippen molar-refractivity contribution in [3.8, 4) is 0 Å². The summed E-state index contributed by atoms with van der Waals surface area (Å²) in [5.74, 6) is -0.0718. The molecule has 0 saturated carbocycles. The van der Waals surface area contributed by atoms with Crippen molar-refractivity contribution in [3.05, 3.63) is 35.9 Å². The van der Waals surface area contributed by atoms with Gasteiger partial charge in [-0.25, -0.2) is 9.10 Å². The molecule has 1 aromatic rings. The fraction of sp³-hybridized carbons (Fsp3) is 0.467. The summed E-state index contributed by atoms with van der Waals surface area (Å²) in [5.41, 5.74) is 0.914. The molecule has 0 aliphatic carbocycles. The van der Waals surface area contributed by atoms with Crippen LogP contribution in [0, 0.1) is 0 Å². The summed E-state index contributed by atoms with van der Waals surface area (Å²) in [6.07, 6.45) is 1.46. The number of carbonyl (C=O) groups excluding carboxylic acids is 2. The molecular formula is C15H21N3O3S. The van der Waals surface area contributed by atoms with Gasteiger partial charge in [-0.2, -0.15) is 0 Å². The SMILES string of the molecule is CSN1CCN(C(=O)CNC(=O)OCc2ccccc2)CC1. The predicted molar refractivity (Wildman–Crippen MR) is 86.3 cm³/mol. The summed E-state index contributed by atoms with van der Waals surface area (Å²) in [4.78, 5) is 25.4. The van der Waals surface area contributed by atoms with Gasteiger partial charge in [0, 0.05) is 26.2 Å². The molecule has 2 amide bonds. The van der Waals surface area contributed by atoms with E-state index >= 15 is 0 Å². The van der Waals surface area contributed by atoms with Gasteiger partial charge in [-0.1, -0.05) is 42.3 Å². The molecule has 0 atom stereocenters. The van der Waals surface area contributed by atoms with Crippen molar-refractivity contribution in [2.24, 2.45) is 0 Å². The topological polar surface area (TPSA) is 61.9 Å². The Morgan fingerprint density at radius 3 is 2.50 bits per heavy atom. The molecule has 1 aliphatic rings. The third kappa shape index (κ3) is 5.23. The summed E-state index contributed by atoms with van der Waals surface area (Å²) >= 11 is 1.69. The monoisotopic (exact) mass is 323 g/mol. The zero-order chi connectivity index (χ0) is 15.8. The predicted octanol–water partition coefficient (Wildman–Crippen LogP) is 1.33. The van der Waals surface area contributed by atoms with E-state index in [2.05, 4.69) is 9.62 Å². The van der Waals surface area contributed by atoms with E-state index in [1.54, 1.807) is 16.8 Å². The molecule has 22 heavy (non-hydrogen) atoms. The second-order valence-corrected chi connectivity index (χ2v) is 5.79. The van der Waals surface area contributed by atoms with Gasteiger partial charge in [0.25, 0.3) is 0 Å². The smallest absolute Gasteiger partial charge is 0.407 e. The van der Waals surface area contributed by atoms with E-state index in [9.17, 15) is 9.59 Å². The van der Waals surface area contributed by atoms with E-state index in [-0.39, 0.29) is 19.1 Å². The van der Waals surface area contributed by atoms with Crippen LogP contribution in [0.4, 0.5) is 4.79 Å². The number of benzene rings is 1. The molecule has 0 spiro atoms. The normalized spacial score (nSPS) is 15.4. The van der Waals surface area contributed by atoms with Gasteiger partial charge in [0.15, 0.2) is 0 Å². The van der Waals surface area contributed by atoms with Crippen LogP contribution in [0.25, 0.3) is 0 Å². The number of alkyl carbamates (subject to hydrolysis) is 1. The first-order valence-electron chi connectivity index (χ1n) is 7.20. The first-order chi connectivity index (χ1) is 10.7. The Bertz CT molecular complexity index is 490. The minimum Gasteiger partial charge on any atom is -0.445 e. The van der Waals surface area contributed by atoms with E-state index in [0.29, 0.717) is 13.1 Å². The van der Waals surface area contributed by atoms with Crippen molar-refractivity contribution in [1.82, 2.24) is 14.5 Å². The molecule has 7 heteroatoms. The van der Waals surface area contributed by atoms with E-state index in [4.69, 9.17) is 4.74 Å². The Hall–Kier alpha value is -1.73. The number of hydrogen-bond donors (Lipinski definition) is 1. The molecule has 1 fully saturated rings. The lowest BCUT2D eigenvalue weighted by atomic mass is 10.2. The molecule has 1 aliphatic heterocycles. The van der Waals surface area contributed by atoms with Gasteiger partial charge in [0.1, 0.15) is 13.2 Å². The first-order valence-corrected chi connectivity index (χ1v) is 8.38. The van der Waals surface area contributed by atoms with Crippen LogP contribution in [0.5, 0.6) is 0 Å². The highest BCUT2D eigenvalue weighted by atomic mass is 32.2. The van der Waals surface area contributed by atoms with Crippen LogP contribution in [0.2, 0.25) is 0 Å². The highest BCUT2D eigenvalue weighted by Crippen LogP contribution is 2.09. The van der Waals surface area contributed by atoms with Gasteiger partial charge < -0.3 is 15.0 Å². The number of nitrogens with zero attached hydrogens (tertiary/aromatic N) is 2. The molecule has 1 saturated heterocycles. The van der Waals surface area contributed by atoms with Gasteiger partial charge in [0.2, 0.25) is 5.91 Å². The maximum absolute atomic E-state index is 12.0. The average molecular weight is 323 g/mol. The zero-order valence-corrected chi connectivity index (χ0v) is 13.5. The molecule has 1 N–H and O–H groups in total. The van der Waals surface area contributed by atoms with Crippen molar-refractivity contribution in [2.45, 2.75) is 6.61 Å². The van der Waals surface area contributed by atoms with Crippen LogP contribution in [0.3, 0.4) is 0 Å². The summed E-state index contributed by atoms with van der Waals surface area (Å²) < 4.78 is 7.28. The molecule has 0 bridgehead atoms. The fourth-order valence-corrected chi connectivity index (χ4v) is 2.68. The molecule has 2 rings (SSSR count). The number of hydrogen-bond acceptors (Lipinski definition) is 5. The van der Waals surface area contributed by atoms with Crippen molar-refractivity contribution in [1.29, 1.82) is 0 Å². The van der Waals surface area contributed by atoms with E-state index in [1.165, 1.54) is 0 Å². The maximum atomic E-state index is 12.0. The molecule has 1 aromatic carbocycles. The second kappa shape index (κ2) is 8.65. The number of ether oxygens (including phenoxy) is 1. The van der Waals surface area contributed by atoms with Gasteiger partial charge in [-0.3, -0.25) is 4.79 Å². The van der Waals surface area contributed by atoms with Crippen molar-refractivity contribution < 1.29 is 14.3 Å². The molecule has 120 valence electrons. The lowest BCUT2D eigenvalue weighted by molar-refractivity contribution is -0.131. The third-order valence-corrected chi connectivity index (χ3v) is 4.33. The Morgan fingerprint density at radius 2 is 1.86 bits per heavy atom. The molecule has 1 heterocycles. The maximum Gasteiger partial charge on any atom is 0.407 e. The van der Waals surface area contributed by atoms with Crippen LogP contribution in [0.1, 0.15) is 5.56 Å². The van der Waals surface area contributed by atoms with Gasteiger partial charge >= 0.3 is 6.09 Å². The van der Waals surface area contributed by atoms with Crippen LogP contribution in [-0.4, -0.2) is 60.2 Å². The minimum absolute atomic E-state index is 0.0209. The van der Waals surface area contributed by atoms with E-state index < -0.39 is 6.09 Å². The van der Waals surface area contributed by atoms with Crippen LogP contribution in [-0.2, 0) is 16.1 Å². The van der Waals surface area contributed by atoms with Crippen LogP contribution < -0.4 is 5.32 Å². The standard InChI is InChI=1S/C15H21N3O3S/c1-22-18-9-7-17(8-10-18)14(19)11-16-15(20)21-12-13-5-3-2-4-6-13/h2-6H,7-12H2,1H3,(H,16,20). The van der Waals surface area contributed by atoms with Gasteiger partial charge in [-0.05, 0) is 11.8 Å². The lowest BCUT2D eigenvalue weighted by Crippen LogP contribution is -2.49.